The van der Waals surface area contributed by atoms with E-state index in [4.69, 9.17) is 5.73 Å². The van der Waals surface area contributed by atoms with E-state index in [2.05, 4.69) is 10.6 Å². The molecule has 0 aromatic carbocycles. The highest BCUT2D eigenvalue weighted by molar-refractivity contribution is 5.76. The molecule has 2 unspecified atom stereocenters. The number of nitrogens with one attached hydrogen (secondary N) is 2. The minimum atomic E-state index is -0.137. The van der Waals surface area contributed by atoms with Gasteiger partial charge in [-0.05, 0) is 46.1 Å². The van der Waals surface area contributed by atoms with Crippen LogP contribution in [0.4, 0.5) is 0 Å². The van der Waals surface area contributed by atoms with Crippen LogP contribution in [0.5, 0.6) is 0 Å². The lowest BCUT2D eigenvalue weighted by Crippen LogP contribution is -2.45. The van der Waals surface area contributed by atoms with E-state index >= 15 is 0 Å². The maximum absolute atomic E-state index is 11.7. The van der Waals surface area contributed by atoms with Gasteiger partial charge in [0, 0.05) is 24.5 Å². The normalized spacial score (nSPS) is 24.9. The summed E-state index contributed by atoms with van der Waals surface area (Å²) in [6, 6.07) is 0.506. The molecule has 1 amide bonds. The third-order valence-corrected chi connectivity index (χ3v) is 3.48. The molecule has 1 fully saturated rings. The average molecular weight is 255 g/mol. The van der Waals surface area contributed by atoms with Gasteiger partial charge in [0.05, 0.1) is 0 Å². The van der Waals surface area contributed by atoms with E-state index in [9.17, 15) is 4.79 Å². The number of amides is 1. The highest BCUT2D eigenvalue weighted by Crippen LogP contribution is 2.23. The number of nitrogens with two attached hydrogens (primary N) is 1. The van der Waals surface area contributed by atoms with E-state index < -0.39 is 0 Å². The van der Waals surface area contributed by atoms with E-state index in [-0.39, 0.29) is 11.4 Å². The first kappa shape index (κ1) is 15.4. The van der Waals surface area contributed by atoms with Gasteiger partial charge in [-0.2, -0.15) is 0 Å². The van der Waals surface area contributed by atoms with Gasteiger partial charge in [-0.25, -0.2) is 0 Å². The number of carbonyl (C=O) groups is 1. The summed E-state index contributed by atoms with van der Waals surface area (Å²) >= 11 is 0. The lowest BCUT2D eigenvalue weighted by Gasteiger charge is -2.31. The zero-order chi connectivity index (χ0) is 13.6. The second-order valence-corrected chi connectivity index (χ2v) is 6.39. The van der Waals surface area contributed by atoms with Crippen molar-refractivity contribution >= 4 is 5.91 Å². The Bertz CT molecular complexity index is 260. The molecule has 106 valence electrons. The Kier molecular flexibility index (Phi) is 6.09. The second kappa shape index (κ2) is 7.10. The Morgan fingerprint density at radius 2 is 1.94 bits per heavy atom. The van der Waals surface area contributed by atoms with Crippen LogP contribution in [0.25, 0.3) is 0 Å². The van der Waals surface area contributed by atoms with Gasteiger partial charge in [0.25, 0.3) is 0 Å². The van der Waals surface area contributed by atoms with Gasteiger partial charge in [0.2, 0.25) is 5.91 Å². The van der Waals surface area contributed by atoms with Crippen LogP contribution in [0.3, 0.4) is 0 Å². The maximum Gasteiger partial charge on any atom is 0.221 e. The molecule has 0 heterocycles. The lowest BCUT2D eigenvalue weighted by atomic mass is 9.84. The van der Waals surface area contributed by atoms with Crippen molar-refractivity contribution in [3.63, 3.8) is 0 Å². The van der Waals surface area contributed by atoms with Gasteiger partial charge < -0.3 is 16.4 Å². The van der Waals surface area contributed by atoms with E-state index in [1.54, 1.807) is 0 Å². The molecule has 4 nitrogen and oxygen atoms in total. The number of hydrogen-bond donors (Lipinski definition) is 3. The smallest absolute Gasteiger partial charge is 0.221 e. The van der Waals surface area contributed by atoms with Crippen LogP contribution in [0.1, 0.15) is 52.9 Å². The summed E-state index contributed by atoms with van der Waals surface area (Å²) < 4.78 is 0. The zero-order valence-corrected chi connectivity index (χ0v) is 12.1. The molecule has 1 aliphatic rings. The fraction of sp³-hybridized carbons (Fsp3) is 0.929. The van der Waals surface area contributed by atoms with E-state index in [0.29, 0.717) is 18.4 Å². The van der Waals surface area contributed by atoms with Crippen molar-refractivity contribution in [2.45, 2.75) is 64.5 Å². The highest BCUT2D eigenvalue weighted by atomic mass is 16.1. The van der Waals surface area contributed by atoms with Crippen molar-refractivity contribution in [3.8, 4) is 0 Å². The van der Waals surface area contributed by atoms with E-state index in [1.165, 1.54) is 25.7 Å². The average Bonchev–Trinajstić information content (AvgIpc) is 2.27. The number of carbonyl (C=O) groups excluding carboxylic acids is 1. The fourth-order valence-corrected chi connectivity index (χ4v) is 2.61. The third-order valence-electron chi connectivity index (χ3n) is 3.48. The topological polar surface area (TPSA) is 67.2 Å². The van der Waals surface area contributed by atoms with Gasteiger partial charge in [-0.15, -0.1) is 0 Å². The van der Waals surface area contributed by atoms with E-state index in [1.807, 2.05) is 20.8 Å². The Labute approximate surface area is 111 Å². The standard InChI is InChI=1S/C14H29N3O/c1-14(2,3)17-13(18)8-9-16-12-7-5-4-6-11(12)10-15/h11-12,16H,4-10,15H2,1-3H3,(H,17,18). The van der Waals surface area contributed by atoms with Crippen molar-refractivity contribution in [1.82, 2.24) is 10.6 Å². The molecule has 0 aromatic heterocycles. The SMILES string of the molecule is CC(C)(C)NC(=O)CCNC1CCCCC1CN. The van der Waals surface area contributed by atoms with Crippen molar-refractivity contribution in [1.29, 1.82) is 0 Å². The minimum absolute atomic E-state index is 0.120. The largest absolute Gasteiger partial charge is 0.351 e. The Hall–Kier alpha value is -0.610. The predicted molar refractivity (Wildman–Crippen MR) is 75.3 cm³/mol. The van der Waals surface area contributed by atoms with Crippen LogP contribution >= 0.6 is 0 Å². The number of rotatable bonds is 5. The zero-order valence-electron chi connectivity index (χ0n) is 12.1. The summed E-state index contributed by atoms with van der Waals surface area (Å²) in [6.07, 6.45) is 5.54. The predicted octanol–water partition coefficient (Wildman–Crippen LogP) is 1.40. The fourth-order valence-electron chi connectivity index (χ4n) is 2.61. The van der Waals surface area contributed by atoms with Crippen molar-refractivity contribution in [2.75, 3.05) is 13.1 Å². The van der Waals surface area contributed by atoms with Gasteiger partial charge in [-0.1, -0.05) is 12.8 Å². The molecule has 4 heteroatoms. The van der Waals surface area contributed by atoms with Crippen LogP contribution in [0, 0.1) is 5.92 Å². The molecule has 0 aromatic rings. The summed E-state index contributed by atoms with van der Waals surface area (Å²) in [5.74, 6) is 0.708. The quantitative estimate of drug-likeness (QED) is 0.695. The van der Waals surface area contributed by atoms with Crippen molar-refractivity contribution in [2.24, 2.45) is 11.7 Å². The molecule has 0 spiro atoms. The Morgan fingerprint density at radius 1 is 1.28 bits per heavy atom. The maximum atomic E-state index is 11.7. The molecule has 1 aliphatic carbocycles. The highest BCUT2D eigenvalue weighted by Gasteiger charge is 2.23. The Morgan fingerprint density at radius 3 is 2.56 bits per heavy atom. The van der Waals surface area contributed by atoms with Gasteiger partial charge in [-0.3, -0.25) is 4.79 Å². The number of hydrogen-bond acceptors (Lipinski definition) is 3. The lowest BCUT2D eigenvalue weighted by molar-refractivity contribution is -0.122. The third kappa shape index (κ3) is 5.83. The minimum Gasteiger partial charge on any atom is -0.351 e. The molecule has 0 saturated heterocycles. The van der Waals surface area contributed by atoms with Gasteiger partial charge >= 0.3 is 0 Å². The van der Waals surface area contributed by atoms with Crippen molar-refractivity contribution < 1.29 is 4.79 Å². The van der Waals surface area contributed by atoms with Crippen LogP contribution < -0.4 is 16.4 Å². The molecule has 18 heavy (non-hydrogen) atoms. The summed E-state index contributed by atoms with van der Waals surface area (Å²) in [6.45, 7) is 7.52. The molecule has 4 N–H and O–H groups in total. The molecule has 0 aliphatic heterocycles. The van der Waals surface area contributed by atoms with Crippen LogP contribution in [0.2, 0.25) is 0 Å². The first-order chi connectivity index (χ1) is 8.42. The van der Waals surface area contributed by atoms with Crippen LogP contribution in [-0.2, 0) is 4.79 Å². The second-order valence-electron chi connectivity index (χ2n) is 6.39. The molecular formula is C14H29N3O. The molecule has 0 radical (unpaired) electrons. The summed E-state index contributed by atoms with van der Waals surface area (Å²) in [4.78, 5) is 11.7. The summed E-state index contributed by atoms with van der Waals surface area (Å²) in [5, 5.41) is 6.48. The molecule has 1 saturated carbocycles. The summed E-state index contributed by atoms with van der Waals surface area (Å²) in [7, 11) is 0. The van der Waals surface area contributed by atoms with Crippen LogP contribution in [0.15, 0.2) is 0 Å². The molecule has 0 bridgehead atoms. The first-order valence-corrected chi connectivity index (χ1v) is 7.17. The van der Waals surface area contributed by atoms with Gasteiger partial charge in [0.15, 0.2) is 0 Å². The van der Waals surface area contributed by atoms with Crippen LogP contribution in [-0.4, -0.2) is 30.6 Å². The van der Waals surface area contributed by atoms with Crippen molar-refractivity contribution in [3.05, 3.63) is 0 Å². The first-order valence-electron chi connectivity index (χ1n) is 7.17. The summed E-state index contributed by atoms with van der Waals surface area (Å²) in [5.41, 5.74) is 5.65. The molecule has 2 atom stereocenters. The van der Waals surface area contributed by atoms with E-state index in [0.717, 1.165) is 13.1 Å². The Balaban J connectivity index is 2.22. The molecular weight excluding hydrogens is 226 g/mol. The monoisotopic (exact) mass is 255 g/mol. The van der Waals surface area contributed by atoms with Gasteiger partial charge in [0.1, 0.15) is 0 Å². The molecule has 1 rings (SSSR count).